The van der Waals surface area contributed by atoms with Gasteiger partial charge in [0.05, 0.1) is 26.9 Å². The smallest absolute Gasteiger partial charge is 0.179 e. The maximum absolute atomic E-state index is 15.8. The largest absolute Gasteiger partial charge is 0.312 e. The van der Waals surface area contributed by atoms with Crippen molar-refractivity contribution in [1.29, 1.82) is 0 Å². The van der Waals surface area contributed by atoms with Gasteiger partial charge in [0.2, 0.25) is 0 Å². The molecule has 1 aromatic heterocycles. The van der Waals surface area contributed by atoms with Crippen molar-refractivity contribution >= 4 is 32.3 Å². The lowest BCUT2D eigenvalue weighted by Gasteiger charge is -2.26. The predicted octanol–water partition coefficient (Wildman–Crippen LogP) is 3.59. The second-order valence-electron chi connectivity index (χ2n) is 6.81. The summed E-state index contributed by atoms with van der Waals surface area (Å²) in [6.45, 7) is 2.73. The summed E-state index contributed by atoms with van der Waals surface area (Å²) in [7, 11) is -3.53. The van der Waals surface area contributed by atoms with E-state index in [9.17, 15) is 8.42 Å². The van der Waals surface area contributed by atoms with Gasteiger partial charge >= 0.3 is 0 Å². The minimum atomic E-state index is -3.53. The third-order valence-electron chi connectivity index (χ3n) is 4.86. The Labute approximate surface area is 156 Å². The van der Waals surface area contributed by atoms with Crippen LogP contribution in [0.3, 0.4) is 0 Å². The summed E-state index contributed by atoms with van der Waals surface area (Å²) in [5.74, 6) is -0.0442. The molecule has 1 aliphatic carbocycles. The number of aryl methyl sites for hydroxylation is 1. The molecule has 4 nitrogen and oxygen atoms in total. The van der Waals surface area contributed by atoms with Crippen molar-refractivity contribution in [3.63, 3.8) is 0 Å². The second kappa shape index (κ2) is 6.15. The Morgan fingerprint density at radius 1 is 1.31 bits per heavy atom. The number of fused-ring (bicyclic) bond motifs is 2. The van der Waals surface area contributed by atoms with Gasteiger partial charge in [0.1, 0.15) is 0 Å². The molecule has 0 radical (unpaired) electrons. The Bertz CT molecular complexity index is 1080. The van der Waals surface area contributed by atoms with Crippen molar-refractivity contribution < 1.29 is 12.8 Å². The quantitative estimate of drug-likeness (QED) is 0.805. The summed E-state index contributed by atoms with van der Waals surface area (Å²) in [5, 5.41) is 4.22. The predicted molar refractivity (Wildman–Crippen MR) is 102 cm³/mol. The van der Waals surface area contributed by atoms with Gasteiger partial charge in [0, 0.05) is 24.9 Å². The van der Waals surface area contributed by atoms with E-state index in [1.807, 2.05) is 19.1 Å². The Morgan fingerprint density at radius 3 is 2.92 bits per heavy atom. The van der Waals surface area contributed by atoms with Gasteiger partial charge in [0.15, 0.2) is 15.5 Å². The molecule has 1 unspecified atom stereocenters. The lowest BCUT2D eigenvalue weighted by molar-refractivity contribution is 0.228. The van der Waals surface area contributed by atoms with Crippen LogP contribution >= 0.6 is 11.6 Å². The zero-order valence-corrected chi connectivity index (χ0v) is 15.8. The maximum atomic E-state index is 15.8. The first-order valence-corrected chi connectivity index (χ1v) is 10.4. The van der Waals surface area contributed by atoms with Crippen LogP contribution < -0.4 is 5.32 Å². The molecule has 1 aliphatic heterocycles. The first-order valence-electron chi connectivity index (χ1n) is 8.41. The molecular formula is C19H18ClFN2O2S. The highest BCUT2D eigenvalue weighted by molar-refractivity contribution is 7.95. The van der Waals surface area contributed by atoms with Gasteiger partial charge in [-0.15, -0.1) is 0 Å². The third kappa shape index (κ3) is 2.96. The number of nitrogens with one attached hydrogen (secondary N) is 1. The molecule has 1 atom stereocenters. The fraction of sp³-hybridized carbons (Fsp3) is 0.316. The molecule has 136 valence electrons. The van der Waals surface area contributed by atoms with Gasteiger partial charge in [-0.3, -0.25) is 0 Å². The monoisotopic (exact) mass is 392 g/mol. The first-order chi connectivity index (χ1) is 12.3. The number of halogens is 2. The van der Waals surface area contributed by atoms with E-state index in [1.54, 1.807) is 12.1 Å². The standard InChI is InChI=1S/C19H18ClFN2O2S/c1-12-2-3-16-14(8-12)15(20)9-18(23-16)19(21)5-4-13-11-22-6-7-26(24,25)17(13)10-19/h2-4,8-10,22H,5-7,11H2,1H3. The number of rotatable bonds is 1. The topological polar surface area (TPSA) is 59.1 Å². The van der Waals surface area contributed by atoms with Gasteiger partial charge < -0.3 is 5.32 Å². The number of nitrogens with zero attached hydrogens (tertiary/aromatic N) is 1. The number of sulfone groups is 1. The van der Waals surface area contributed by atoms with Crippen LogP contribution in [0.25, 0.3) is 10.9 Å². The molecule has 0 spiro atoms. The van der Waals surface area contributed by atoms with Gasteiger partial charge in [-0.2, -0.15) is 0 Å². The van der Waals surface area contributed by atoms with E-state index in [4.69, 9.17) is 11.6 Å². The fourth-order valence-corrected chi connectivity index (χ4v) is 5.22. The van der Waals surface area contributed by atoms with Crippen LogP contribution in [0.1, 0.15) is 17.7 Å². The SMILES string of the molecule is Cc1ccc2nc(C3(F)C=C4C(=CC3)CNCCS4(=O)=O)cc(Cl)c2c1. The van der Waals surface area contributed by atoms with Crippen LogP contribution in [-0.2, 0) is 15.5 Å². The van der Waals surface area contributed by atoms with E-state index in [1.165, 1.54) is 12.1 Å². The Kier molecular flexibility index (Phi) is 4.17. The second-order valence-corrected chi connectivity index (χ2v) is 9.29. The molecule has 4 rings (SSSR count). The molecule has 2 heterocycles. The summed E-state index contributed by atoms with van der Waals surface area (Å²) >= 11 is 6.36. The summed E-state index contributed by atoms with van der Waals surface area (Å²) in [6.07, 6.45) is 2.90. The molecule has 26 heavy (non-hydrogen) atoms. The highest BCUT2D eigenvalue weighted by Gasteiger charge is 2.38. The van der Waals surface area contributed by atoms with Crippen molar-refractivity contribution in [2.45, 2.75) is 19.0 Å². The molecule has 7 heteroatoms. The van der Waals surface area contributed by atoms with E-state index in [2.05, 4.69) is 10.3 Å². The Morgan fingerprint density at radius 2 is 2.12 bits per heavy atom. The van der Waals surface area contributed by atoms with Crippen molar-refractivity contribution in [3.8, 4) is 0 Å². The lowest BCUT2D eigenvalue weighted by atomic mass is 9.89. The normalized spacial score (nSPS) is 25.2. The third-order valence-corrected chi connectivity index (χ3v) is 6.96. The summed E-state index contributed by atoms with van der Waals surface area (Å²) in [4.78, 5) is 4.51. The molecule has 1 aromatic carbocycles. The highest BCUT2D eigenvalue weighted by atomic mass is 35.5. The number of pyridine rings is 1. The maximum Gasteiger partial charge on any atom is 0.179 e. The van der Waals surface area contributed by atoms with Crippen LogP contribution in [0.15, 0.2) is 46.9 Å². The zero-order chi connectivity index (χ0) is 18.5. The van der Waals surface area contributed by atoms with E-state index in [0.717, 1.165) is 10.9 Å². The molecule has 0 saturated carbocycles. The van der Waals surface area contributed by atoms with Crippen molar-refractivity contribution in [1.82, 2.24) is 10.3 Å². The Hall–Kier alpha value is -1.76. The van der Waals surface area contributed by atoms with E-state index < -0.39 is 15.5 Å². The number of allylic oxidation sites excluding steroid dienone is 2. The van der Waals surface area contributed by atoms with Gasteiger partial charge in [-0.1, -0.05) is 29.3 Å². The molecule has 0 bridgehead atoms. The van der Waals surface area contributed by atoms with E-state index in [0.29, 0.717) is 29.2 Å². The van der Waals surface area contributed by atoms with Crippen molar-refractivity contribution in [3.05, 3.63) is 63.2 Å². The molecule has 2 aliphatic rings. The highest BCUT2D eigenvalue weighted by Crippen LogP contribution is 2.41. The molecule has 0 amide bonds. The first kappa shape index (κ1) is 17.6. The summed E-state index contributed by atoms with van der Waals surface area (Å²) < 4.78 is 40.8. The average molecular weight is 393 g/mol. The minimum absolute atomic E-state index is 0.0315. The van der Waals surface area contributed by atoms with Crippen LogP contribution in [0, 0.1) is 6.92 Å². The zero-order valence-electron chi connectivity index (χ0n) is 14.2. The van der Waals surface area contributed by atoms with Crippen molar-refractivity contribution in [2.75, 3.05) is 18.8 Å². The molecule has 1 N–H and O–H groups in total. The number of hydrogen-bond donors (Lipinski definition) is 1. The van der Waals surface area contributed by atoms with Crippen LogP contribution in [0.2, 0.25) is 5.02 Å². The van der Waals surface area contributed by atoms with Gasteiger partial charge in [-0.25, -0.2) is 17.8 Å². The van der Waals surface area contributed by atoms with Crippen LogP contribution in [0.4, 0.5) is 4.39 Å². The number of aromatic nitrogens is 1. The van der Waals surface area contributed by atoms with Gasteiger partial charge in [-0.05, 0) is 36.8 Å². The molecular weight excluding hydrogens is 375 g/mol. The molecule has 1 fully saturated rings. The van der Waals surface area contributed by atoms with Crippen LogP contribution in [-0.4, -0.2) is 32.2 Å². The fourth-order valence-electron chi connectivity index (χ4n) is 3.41. The van der Waals surface area contributed by atoms with E-state index >= 15 is 4.39 Å². The lowest BCUT2D eigenvalue weighted by Crippen LogP contribution is -2.25. The number of hydrogen-bond acceptors (Lipinski definition) is 4. The minimum Gasteiger partial charge on any atom is -0.312 e. The average Bonchev–Trinajstić information content (AvgIpc) is 2.74. The summed E-state index contributed by atoms with van der Waals surface area (Å²) in [6, 6.07) is 7.09. The summed E-state index contributed by atoms with van der Waals surface area (Å²) in [5.41, 5.74) is 0.383. The number of alkyl halides is 1. The molecule has 1 saturated heterocycles. The van der Waals surface area contributed by atoms with Crippen LogP contribution in [0.5, 0.6) is 0 Å². The van der Waals surface area contributed by atoms with Gasteiger partial charge in [0.25, 0.3) is 0 Å². The molecule has 2 aromatic rings. The van der Waals surface area contributed by atoms with E-state index in [-0.39, 0.29) is 22.8 Å². The Balaban J connectivity index is 1.86. The van der Waals surface area contributed by atoms with Crippen molar-refractivity contribution in [2.24, 2.45) is 0 Å². The number of benzene rings is 1.